The van der Waals surface area contributed by atoms with Gasteiger partial charge in [0.15, 0.2) is 29.3 Å². The molecule has 0 spiro atoms. The van der Waals surface area contributed by atoms with Gasteiger partial charge in [-0.2, -0.15) is 4.98 Å². The zero-order valence-corrected chi connectivity index (χ0v) is 26.9. The first kappa shape index (κ1) is 30.9. The van der Waals surface area contributed by atoms with E-state index in [1.165, 1.54) is 23.5 Å². The summed E-state index contributed by atoms with van der Waals surface area (Å²) in [5.41, 5.74) is 5.25. The predicted molar refractivity (Wildman–Crippen MR) is 160 cm³/mol. The SMILES string of the molecule is Cc1ncnc2c1ncn2[C@@H]1O[C@@]23CO[C@@H]1[C@@H]2OP(O)(=S)OC[C@H]1O[C@@H](n2cnc4c(=O)[nH]c(N)nc42)[C@H](O)[C@@H]1OP(=O)(S)OC3. The van der Waals surface area contributed by atoms with Gasteiger partial charge in [-0.25, -0.2) is 24.5 Å². The van der Waals surface area contributed by atoms with Crippen molar-refractivity contribution in [2.75, 3.05) is 25.6 Å². The molecule has 46 heavy (non-hydrogen) atoms. The Balaban J connectivity index is 1.10. The molecule has 0 aromatic carbocycles. The number of hydrogen-bond acceptors (Lipinski definition) is 17. The number of aliphatic hydroxyl groups excluding tert-OH is 1. The molecule has 0 radical (unpaired) electrons. The Bertz CT molecular complexity index is 2030. The summed E-state index contributed by atoms with van der Waals surface area (Å²) in [6.45, 7) is -7.59. The Morgan fingerprint density at radius 3 is 2.65 bits per heavy atom. The van der Waals surface area contributed by atoms with Crippen LogP contribution in [-0.2, 0) is 48.7 Å². The highest BCUT2D eigenvalue weighted by Crippen LogP contribution is 2.61. The topological polar surface area (TPSA) is 255 Å². The van der Waals surface area contributed by atoms with Crippen molar-refractivity contribution in [3.8, 4) is 0 Å². The minimum Gasteiger partial charge on any atom is -0.386 e. The molecular weight excluding hydrogens is 692 g/mol. The first-order valence-electron chi connectivity index (χ1n) is 13.7. The first-order chi connectivity index (χ1) is 21.8. The maximum Gasteiger partial charge on any atom is 0.386 e. The minimum atomic E-state index is -4.28. The third-order valence-electron chi connectivity index (χ3n) is 8.20. The van der Waals surface area contributed by atoms with E-state index in [0.29, 0.717) is 16.9 Å². The number of fused-ring (bicyclic) bond motifs is 3. The fourth-order valence-electron chi connectivity index (χ4n) is 6.09. The van der Waals surface area contributed by atoms with Gasteiger partial charge in [-0.15, -0.1) is 0 Å². The number of H-pyrrole nitrogens is 1. The minimum absolute atomic E-state index is 0.00592. The molecule has 4 aromatic rings. The van der Waals surface area contributed by atoms with Gasteiger partial charge in [-0.3, -0.25) is 32.5 Å². The van der Waals surface area contributed by atoms with E-state index in [2.05, 4.69) is 42.2 Å². The summed E-state index contributed by atoms with van der Waals surface area (Å²) in [6.07, 6.45) is -4.11. The van der Waals surface area contributed by atoms with E-state index in [-0.39, 0.29) is 23.7 Å². The Morgan fingerprint density at radius 1 is 1.09 bits per heavy atom. The van der Waals surface area contributed by atoms with Crippen molar-refractivity contribution >= 4 is 65.8 Å². The maximum atomic E-state index is 13.6. The number of anilines is 1. The van der Waals surface area contributed by atoms with Gasteiger partial charge < -0.3 is 34.5 Å². The average molecular weight is 718 g/mol. The van der Waals surface area contributed by atoms with E-state index in [9.17, 15) is 19.4 Å². The molecule has 4 aliphatic heterocycles. The molecule has 8 heterocycles. The van der Waals surface area contributed by atoms with Crippen molar-refractivity contribution in [3.63, 3.8) is 0 Å². The van der Waals surface area contributed by atoms with Crippen molar-refractivity contribution in [2.24, 2.45) is 0 Å². The number of rotatable bonds is 2. The zero-order valence-electron chi connectivity index (χ0n) is 23.4. The van der Waals surface area contributed by atoms with Gasteiger partial charge in [0.25, 0.3) is 5.56 Å². The quantitative estimate of drug-likeness (QED) is 0.133. The molecule has 5 N–H and O–H groups in total. The van der Waals surface area contributed by atoms with Crippen LogP contribution in [0.1, 0.15) is 18.1 Å². The molecule has 4 saturated heterocycles. The fourth-order valence-corrected chi connectivity index (χ4v) is 9.06. The van der Waals surface area contributed by atoms with E-state index in [4.69, 9.17) is 49.8 Å². The molecule has 10 atom stereocenters. The van der Waals surface area contributed by atoms with Crippen LogP contribution in [0.15, 0.2) is 23.8 Å². The first-order valence-corrected chi connectivity index (χ1v) is 18.9. The molecule has 246 valence electrons. The lowest BCUT2D eigenvalue weighted by atomic mass is 10.0. The fraction of sp³-hybridized carbons (Fsp3) is 0.545. The van der Waals surface area contributed by atoms with Gasteiger partial charge in [-0.1, -0.05) is 12.2 Å². The molecule has 4 fully saturated rings. The molecule has 4 aromatic heterocycles. The smallest absolute Gasteiger partial charge is 0.386 e. The highest BCUT2D eigenvalue weighted by Gasteiger charge is 2.65. The molecule has 2 bridgehead atoms. The van der Waals surface area contributed by atoms with Crippen LogP contribution in [-0.4, -0.2) is 105 Å². The maximum absolute atomic E-state index is 13.6. The second-order valence-corrected chi connectivity index (χ2v) is 16.7. The monoisotopic (exact) mass is 717 g/mol. The van der Waals surface area contributed by atoms with Crippen LogP contribution in [0.4, 0.5) is 5.95 Å². The Labute approximate surface area is 267 Å². The lowest BCUT2D eigenvalue weighted by Crippen LogP contribution is -2.46. The van der Waals surface area contributed by atoms with Crippen molar-refractivity contribution < 1.29 is 46.9 Å². The number of aromatic nitrogens is 8. The number of aromatic amines is 1. The second-order valence-electron chi connectivity index (χ2n) is 11.1. The number of nitrogens with one attached hydrogen (secondary N) is 1. The summed E-state index contributed by atoms with van der Waals surface area (Å²) in [5, 5.41) is 11.3. The largest absolute Gasteiger partial charge is 0.386 e. The second kappa shape index (κ2) is 10.8. The molecule has 0 saturated carbocycles. The molecule has 2 unspecified atom stereocenters. The number of ether oxygens (including phenoxy) is 3. The summed E-state index contributed by atoms with van der Waals surface area (Å²) < 4.78 is 58.2. The molecule has 0 aliphatic carbocycles. The van der Waals surface area contributed by atoms with Gasteiger partial charge >= 0.3 is 13.5 Å². The highest BCUT2D eigenvalue weighted by atomic mass is 32.7. The van der Waals surface area contributed by atoms with Crippen LogP contribution < -0.4 is 11.3 Å². The summed E-state index contributed by atoms with van der Waals surface area (Å²) in [5.74, 6) is -0.193. The molecule has 4 aliphatic rings. The van der Waals surface area contributed by atoms with Gasteiger partial charge in [0.1, 0.15) is 48.0 Å². The Kier molecular flexibility index (Phi) is 7.24. The zero-order chi connectivity index (χ0) is 32.2. The highest BCUT2D eigenvalue weighted by molar-refractivity contribution is 8.44. The summed E-state index contributed by atoms with van der Waals surface area (Å²) in [6, 6.07) is 0. The van der Waals surface area contributed by atoms with Gasteiger partial charge in [0.05, 0.1) is 38.2 Å². The van der Waals surface area contributed by atoms with Crippen molar-refractivity contribution in [1.29, 1.82) is 0 Å². The van der Waals surface area contributed by atoms with E-state index in [1.54, 1.807) is 11.5 Å². The Morgan fingerprint density at radius 2 is 1.85 bits per heavy atom. The van der Waals surface area contributed by atoms with Crippen LogP contribution in [0, 0.1) is 6.92 Å². The van der Waals surface area contributed by atoms with Crippen molar-refractivity contribution in [3.05, 3.63) is 35.0 Å². The van der Waals surface area contributed by atoms with E-state index < -0.39 is 80.9 Å². The number of thiol groups is 1. The molecule has 8 rings (SSSR count). The third-order valence-corrected chi connectivity index (χ3v) is 11.3. The van der Waals surface area contributed by atoms with Crippen LogP contribution in [0.3, 0.4) is 0 Å². The number of hydrogen-bond donors (Lipinski definition) is 5. The standard InChI is InChI=1S/C22H25N9O11P2S2/c1-8-10-16(25-5-24-8)30(6-26-10)20-14-15-22(40-20,3-36-14)4-38-44(35,46)41-13-9(2-37-43(34,45)42-15)39-19(12(13)32)31-7-27-11-17(31)28-21(23)29-18(11)33/h5-7,9,12-15,19-20,32H,2-4H2,1H3,(H,34,45)(H,35,46)(H3,23,28,29,33)/t9-,12-,13-,14-,15+,19-,20-,22-,43?,44?/m1/s1. The molecule has 24 heteroatoms. The number of nitrogens with zero attached hydrogens (tertiary/aromatic N) is 7. The number of nitrogen functional groups attached to an aromatic ring is 1. The number of nitrogens with two attached hydrogens (primary N) is 1. The summed E-state index contributed by atoms with van der Waals surface area (Å²) >= 11 is 9.54. The molecule has 0 amide bonds. The van der Waals surface area contributed by atoms with Crippen molar-refractivity contribution in [1.82, 2.24) is 39.0 Å². The van der Waals surface area contributed by atoms with Crippen LogP contribution >= 0.6 is 25.8 Å². The lowest BCUT2D eigenvalue weighted by molar-refractivity contribution is -0.183. The van der Waals surface area contributed by atoms with Gasteiger partial charge in [0, 0.05) is 0 Å². The summed E-state index contributed by atoms with van der Waals surface area (Å²) in [7, 11) is 0. The van der Waals surface area contributed by atoms with E-state index in [1.807, 2.05) is 0 Å². The number of aryl methyl sites for hydroxylation is 1. The van der Waals surface area contributed by atoms with Crippen molar-refractivity contribution in [2.45, 2.75) is 55.5 Å². The van der Waals surface area contributed by atoms with E-state index in [0.717, 1.165) is 0 Å². The third kappa shape index (κ3) is 4.95. The van der Waals surface area contributed by atoms with Gasteiger partial charge in [0.2, 0.25) is 5.95 Å². The molecular formula is C22H25N9O11P2S2. The number of imidazole rings is 2. The molecule has 20 nitrogen and oxygen atoms in total. The number of aliphatic hydroxyl groups is 1. The summed E-state index contributed by atoms with van der Waals surface area (Å²) in [4.78, 5) is 46.9. The van der Waals surface area contributed by atoms with Crippen LogP contribution in [0.25, 0.3) is 22.3 Å². The normalized spacial score (nSPS) is 39.7. The Hall–Kier alpha value is -2.43. The van der Waals surface area contributed by atoms with E-state index >= 15 is 0 Å². The lowest BCUT2D eigenvalue weighted by Gasteiger charge is -2.34. The predicted octanol–water partition coefficient (Wildman–Crippen LogP) is -0.153. The van der Waals surface area contributed by atoms with Gasteiger partial charge in [-0.05, 0) is 18.7 Å². The van der Waals surface area contributed by atoms with Crippen LogP contribution in [0.2, 0.25) is 0 Å². The average Bonchev–Trinajstić information content (AvgIpc) is 3.80. The van der Waals surface area contributed by atoms with Crippen LogP contribution in [0.5, 0.6) is 0 Å².